The minimum Gasteiger partial charge on any atom is -0.309 e. The summed E-state index contributed by atoms with van der Waals surface area (Å²) >= 11 is 1.31. The van der Waals surface area contributed by atoms with Gasteiger partial charge in [-0.05, 0) is 38.5 Å². The van der Waals surface area contributed by atoms with Crippen molar-refractivity contribution in [1.29, 1.82) is 0 Å². The molecule has 1 atom stereocenters. The van der Waals surface area contributed by atoms with E-state index in [9.17, 15) is 14.0 Å². The molecule has 0 bridgehead atoms. The highest BCUT2D eigenvalue weighted by molar-refractivity contribution is 7.99. The van der Waals surface area contributed by atoms with E-state index in [1.807, 2.05) is 6.92 Å². The smallest absolute Gasteiger partial charge is 0.309 e. The number of benzene rings is 1. The molecule has 6 heteroatoms. The minimum absolute atomic E-state index is 0.0580. The van der Waals surface area contributed by atoms with Gasteiger partial charge in [0.25, 0.3) is 0 Å². The summed E-state index contributed by atoms with van der Waals surface area (Å²) in [5.74, 6) is -0.449. The average molecular weight is 306 g/mol. The first-order chi connectivity index (χ1) is 9.88. The van der Waals surface area contributed by atoms with Gasteiger partial charge in [0.05, 0.1) is 5.56 Å². The SMILES string of the molecule is CC(=O)c1c(SC(C)c2ccc(F)cc2)nc(=O)[nH]c1C. The molecule has 0 saturated carbocycles. The van der Waals surface area contributed by atoms with Crippen molar-refractivity contribution in [1.82, 2.24) is 9.97 Å². The van der Waals surface area contributed by atoms with E-state index in [0.717, 1.165) is 5.56 Å². The number of halogens is 1. The van der Waals surface area contributed by atoms with E-state index < -0.39 is 5.69 Å². The van der Waals surface area contributed by atoms with Crippen molar-refractivity contribution in [2.45, 2.75) is 31.0 Å². The maximum absolute atomic E-state index is 12.9. The van der Waals surface area contributed by atoms with Gasteiger partial charge in [-0.2, -0.15) is 4.98 Å². The number of carbonyl (C=O) groups is 1. The maximum atomic E-state index is 12.9. The van der Waals surface area contributed by atoms with E-state index in [2.05, 4.69) is 9.97 Å². The van der Waals surface area contributed by atoms with Gasteiger partial charge in [-0.3, -0.25) is 4.79 Å². The Hall–Kier alpha value is -1.95. The number of aryl methyl sites for hydroxylation is 1. The third-order valence-electron chi connectivity index (χ3n) is 3.07. The van der Waals surface area contributed by atoms with Crippen LogP contribution in [0.2, 0.25) is 0 Å². The molecule has 1 aromatic carbocycles. The van der Waals surface area contributed by atoms with Crippen LogP contribution in [0, 0.1) is 12.7 Å². The molecule has 0 aliphatic heterocycles. The van der Waals surface area contributed by atoms with Gasteiger partial charge in [-0.25, -0.2) is 9.18 Å². The maximum Gasteiger partial charge on any atom is 0.346 e. The summed E-state index contributed by atoms with van der Waals surface area (Å²) in [4.78, 5) is 29.7. The van der Waals surface area contributed by atoms with Gasteiger partial charge in [-0.1, -0.05) is 23.9 Å². The fourth-order valence-corrected chi connectivity index (χ4v) is 3.21. The van der Waals surface area contributed by atoms with Crippen LogP contribution in [0.4, 0.5) is 4.39 Å². The van der Waals surface area contributed by atoms with Gasteiger partial charge in [0.2, 0.25) is 0 Å². The first-order valence-electron chi connectivity index (χ1n) is 6.42. The highest BCUT2D eigenvalue weighted by atomic mass is 32.2. The first kappa shape index (κ1) is 15.4. The minimum atomic E-state index is -0.480. The van der Waals surface area contributed by atoms with Gasteiger partial charge in [0, 0.05) is 10.9 Å². The zero-order valence-corrected chi connectivity index (χ0v) is 12.8. The molecule has 0 amide bonds. The molecule has 1 aromatic heterocycles. The normalized spacial score (nSPS) is 12.2. The number of H-pyrrole nitrogens is 1. The van der Waals surface area contributed by atoms with Crippen molar-refractivity contribution < 1.29 is 9.18 Å². The van der Waals surface area contributed by atoms with Crippen molar-refractivity contribution in [2.75, 3.05) is 0 Å². The van der Waals surface area contributed by atoms with Crippen LogP contribution in [0.5, 0.6) is 0 Å². The Morgan fingerprint density at radius 2 is 1.95 bits per heavy atom. The van der Waals surface area contributed by atoms with Gasteiger partial charge < -0.3 is 4.98 Å². The molecule has 1 heterocycles. The molecular formula is C15H15FN2O2S. The molecule has 110 valence electrons. The van der Waals surface area contributed by atoms with Gasteiger partial charge in [0.1, 0.15) is 10.8 Å². The fraction of sp³-hybridized carbons (Fsp3) is 0.267. The van der Waals surface area contributed by atoms with Gasteiger partial charge in [0.15, 0.2) is 5.78 Å². The van der Waals surface area contributed by atoms with Crippen molar-refractivity contribution in [2.24, 2.45) is 0 Å². The van der Waals surface area contributed by atoms with Crippen molar-refractivity contribution in [3.63, 3.8) is 0 Å². The predicted octanol–water partition coefficient (Wildman–Crippen LogP) is 3.27. The Labute approximate surface area is 125 Å². The molecule has 0 aliphatic carbocycles. The largest absolute Gasteiger partial charge is 0.346 e. The summed E-state index contributed by atoms with van der Waals surface area (Å²) < 4.78 is 12.9. The number of rotatable bonds is 4. The lowest BCUT2D eigenvalue weighted by Crippen LogP contribution is -2.17. The standard InChI is InChI=1S/C15H15FN2O2S/c1-8-13(9(2)19)14(18-15(20)17-8)21-10(3)11-4-6-12(16)7-5-11/h4-7,10H,1-3H3,(H,17,18,20). The quantitative estimate of drug-likeness (QED) is 0.535. The number of ketones is 1. The molecule has 0 saturated heterocycles. The summed E-state index contributed by atoms with van der Waals surface area (Å²) in [5, 5.41) is 0.345. The topological polar surface area (TPSA) is 62.8 Å². The molecule has 1 N–H and O–H groups in total. The summed E-state index contributed by atoms with van der Waals surface area (Å²) in [6, 6.07) is 6.13. The summed E-state index contributed by atoms with van der Waals surface area (Å²) in [5.41, 5.74) is 1.35. The molecule has 0 spiro atoms. The van der Waals surface area contributed by atoms with E-state index >= 15 is 0 Å². The Morgan fingerprint density at radius 1 is 1.33 bits per heavy atom. The second-order valence-corrected chi connectivity index (χ2v) is 6.04. The number of Topliss-reactive ketones (excluding diaryl/α,β-unsaturated/α-hetero) is 1. The highest BCUT2D eigenvalue weighted by Gasteiger charge is 2.17. The van der Waals surface area contributed by atoms with E-state index in [0.29, 0.717) is 16.3 Å². The molecular weight excluding hydrogens is 291 g/mol. The molecule has 1 unspecified atom stereocenters. The monoisotopic (exact) mass is 306 g/mol. The molecule has 2 aromatic rings. The second-order valence-electron chi connectivity index (χ2n) is 4.71. The third-order valence-corrected chi connectivity index (χ3v) is 4.21. The zero-order chi connectivity index (χ0) is 15.6. The second kappa shape index (κ2) is 6.22. The molecule has 0 aliphatic rings. The molecule has 21 heavy (non-hydrogen) atoms. The number of thioether (sulfide) groups is 1. The Bertz CT molecular complexity index is 725. The van der Waals surface area contributed by atoms with E-state index in [4.69, 9.17) is 0 Å². The first-order valence-corrected chi connectivity index (χ1v) is 7.30. The summed E-state index contributed by atoms with van der Waals surface area (Å²) in [7, 11) is 0. The van der Waals surface area contributed by atoms with Crippen LogP contribution in [0.15, 0.2) is 34.1 Å². The van der Waals surface area contributed by atoms with Crippen LogP contribution in [-0.4, -0.2) is 15.8 Å². The number of nitrogens with zero attached hydrogens (tertiary/aromatic N) is 1. The lowest BCUT2D eigenvalue weighted by atomic mass is 10.2. The highest BCUT2D eigenvalue weighted by Crippen LogP contribution is 2.35. The van der Waals surface area contributed by atoms with Crippen LogP contribution in [-0.2, 0) is 0 Å². The van der Waals surface area contributed by atoms with Crippen molar-refractivity contribution >= 4 is 17.5 Å². The molecule has 0 radical (unpaired) electrons. The molecule has 4 nitrogen and oxygen atoms in total. The number of carbonyl (C=O) groups excluding carboxylic acids is 1. The van der Waals surface area contributed by atoms with Gasteiger partial charge >= 0.3 is 5.69 Å². The molecule has 2 rings (SSSR count). The Morgan fingerprint density at radius 3 is 2.52 bits per heavy atom. The van der Waals surface area contributed by atoms with Gasteiger partial charge in [-0.15, -0.1) is 0 Å². The Balaban J connectivity index is 2.36. The lowest BCUT2D eigenvalue weighted by molar-refractivity contribution is 0.101. The van der Waals surface area contributed by atoms with Crippen LogP contribution in [0.25, 0.3) is 0 Å². The van der Waals surface area contributed by atoms with Crippen LogP contribution < -0.4 is 5.69 Å². The van der Waals surface area contributed by atoms with E-state index in [1.165, 1.54) is 30.8 Å². The predicted molar refractivity (Wildman–Crippen MR) is 80.3 cm³/mol. The summed E-state index contributed by atoms with van der Waals surface area (Å²) in [6.45, 7) is 5.03. The number of hydrogen-bond donors (Lipinski definition) is 1. The van der Waals surface area contributed by atoms with E-state index in [1.54, 1.807) is 19.1 Å². The number of hydrogen-bond acceptors (Lipinski definition) is 4. The number of nitrogens with one attached hydrogen (secondary N) is 1. The number of aromatic nitrogens is 2. The van der Waals surface area contributed by atoms with Crippen LogP contribution >= 0.6 is 11.8 Å². The van der Waals surface area contributed by atoms with Crippen LogP contribution in [0.1, 0.15) is 40.7 Å². The zero-order valence-electron chi connectivity index (χ0n) is 11.9. The summed E-state index contributed by atoms with van der Waals surface area (Å²) in [6.07, 6.45) is 0. The third kappa shape index (κ3) is 3.58. The van der Waals surface area contributed by atoms with Crippen molar-refractivity contribution in [3.8, 4) is 0 Å². The fourth-order valence-electron chi connectivity index (χ4n) is 2.03. The average Bonchev–Trinajstić information content (AvgIpc) is 2.37. The van der Waals surface area contributed by atoms with Crippen LogP contribution in [0.3, 0.4) is 0 Å². The number of aromatic amines is 1. The van der Waals surface area contributed by atoms with E-state index in [-0.39, 0.29) is 16.9 Å². The molecule has 0 fully saturated rings. The Kier molecular flexibility index (Phi) is 4.57. The van der Waals surface area contributed by atoms with Crippen molar-refractivity contribution in [3.05, 3.63) is 57.4 Å². The lowest BCUT2D eigenvalue weighted by Gasteiger charge is -2.13.